The van der Waals surface area contributed by atoms with Gasteiger partial charge in [-0.05, 0) is 32.2 Å². The molecule has 1 N–H and O–H groups in total. The zero-order chi connectivity index (χ0) is 6.69. The summed E-state index contributed by atoms with van der Waals surface area (Å²) in [6.07, 6.45) is 4.20. The SMILES string of the molecule is C[C@@H]1CCCCN[C@H]1C. The molecule has 1 saturated heterocycles. The van der Waals surface area contributed by atoms with Crippen LogP contribution in [0, 0.1) is 5.92 Å². The normalized spacial score (nSPS) is 38.0. The molecule has 1 heterocycles. The van der Waals surface area contributed by atoms with Crippen LogP contribution in [0.1, 0.15) is 33.1 Å². The van der Waals surface area contributed by atoms with Crippen molar-refractivity contribution in [2.24, 2.45) is 5.92 Å². The molecule has 1 aliphatic heterocycles. The van der Waals surface area contributed by atoms with E-state index < -0.39 is 0 Å². The van der Waals surface area contributed by atoms with Crippen molar-refractivity contribution < 1.29 is 0 Å². The summed E-state index contributed by atoms with van der Waals surface area (Å²) in [6, 6.07) is 0.743. The van der Waals surface area contributed by atoms with Crippen molar-refractivity contribution >= 4 is 0 Å². The van der Waals surface area contributed by atoms with Crippen LogP contribution in [0.4, 0.5) is 0 Å². The molecule has 0 unspecified atom stereocenters. The maximum Gasteiger partial charge on any atom is 0.00643 e. The van der Waals surface area contributed by atoms with E-state index in [1.807, 2.05) is 0 Å². The Hall–Kier alpha value is -0.0400. The fourth-order valence-electron chi connectivity index (χ4n) is 1.37. The van der Waals surface area contributed by atoms with Crippen LogP contribution in [0.3, 0.4) is 0 Å². The molecule has 0 radical (unpaired) electrons. The molecule has 0 aromatic rings. The van der Waals surface area contributed by atoms with E-state index in [1.165, 1.54) is 25.8 Å². The quantitative estimate of drug-likeness (QED) is 0.523. The molecule has 0 saturated carbocycles. The third kappa shape index (κ3) is 1.98. The third-order valence-corrected chi connectivity index (χ3v) is 2.41. The number of hydrogen-bond donors (Lipinski definition) is 1. The highest BCUT2D eigenvalue weighted by atomic mass is 14.9. The first-order chi connectivity index (χ1) is 4.30. The summed E-state index contributed by atoms with van der Waals surface area (Å²) in [5.41, 5.74) is 0. The molecular formula is C8H17N. The predicted molar refractivity (Wildman–Crippen MR) is 40.5 cm³/mol. The van der Waals surface area contributed by atoms with E-state index in [0.717, 1.165) is 12.0 Å². The smallest absolute Gasteiger partial charge is 0.00643 e. The van der Waals surface area contributed by atoms with E-state index in [2.05, 4.69) is 19.2 Å². The lowest BCUT2D eigenvalue weighted by atomic mass is 9.99. The zero-order valence-electron chi connectivity index (χ0n) is 6.48. The fourth-order valence-corrected chi connectivity index (χ4v) is 1.37. The molecule has 0 amide bonds. The van der Waals surface area contributed by atoms with E-state index in [1.54, 1.807) is 0 Å². The van der Waals surface area contributed by atoms with Crippen molar-refractivity contribution in [3.63, 3.8) is 0 Å². The number of rotatable bonds is 0. The maximum atomic E-state index is 3.49. The maximum absolute atomic E-state index is 3.49. The Morgan fingerprint density at radius 3 is 2.78 bits per heavy atom. The molecule has 1 fully saturated rings. The molecule has 0 bridgehead atoms. The average molecular weight is 127 g/mol. The lowest BCUT2D eigenvalue weighted by Crippen LogP contribution is -2.30. The predicted octanol–water partition coefficient (Wildman–Crippen LogP) is 1.78. The van der Waals surface area contributed by atoms with Crippen LogP contribution >= 0.6 is 0 Å². The number of nitrogens with one attached hydrogen (secondary N) is 1. The summed E-state index contributed by atoms with van der Waals surface area (Å²) in [5, 5.41) is 3.49. The molecule has 1 aliphatic rings. The number of hydrogen-bond acceptors (Lipinski definition) is 1. The molecule has 9 heavy (non-hydrogen) atoms. The molecule has 0 aromatic heterocycles. The van der Waals surface area contributed by atoms with Gasteiger partial charge in [-0.1, -0.05) is 13.3 Å². The van der Waals surface area contributed by atoms with Gasteiger partial charge in [-0.3, -0.25) is 0 Å². The highest BCUT2D eigenvalue weighted by molar-refractivity contribution is 4.71. The van der Waals surface area contributed by atoms with Crippen LogP contribution in [0.2, 0.25) is 0 Å². The van der Waals surface area contributed by atoms with Gasteiger partial charge in [0.15, 0.2) is 0 Å². The Morgan fingerprint density at radius 1 is 1.22 bits per heavy atom. The van der Waals surface area contributed by atoms with Gasteiger partial charge in [-0.25, -0.2) is 0 Å². The van der Waals surface area contributed by atoms with Gasteiger partial charge in [0.1, 0.15) is 0 Å². The van der Waals surface area contributed by atoms with Crippen molar-refractivity contribution in [2.45, 2.75) is 39.2 Å². The summed E-state index contributed by atoms with van der Waals surface area (Å²) in [7, 11) is 0. The van der Waals surface area contributed by atoms with Crippen LogP contribution in [-0.2, 0) is 0 Å². The van der Waals surface area contributed by atoms with Crippen LogP contribution in [0.5, 0.6) is 0 Å². The Morgan fingerprint density at radius 2 is 2.00 bits per heavy atom. The third-order valence-electron chi connectivity index (χ3n) is 2.41. The molecule has 1 heteroatoms. The van der Waals surface area contributed by atoms with Gasteiger partial charge in [0, 0.05) is 6.04 Å². The van der Waals surface area contributed by atoms with Gasteiger partial charge >= 0.3 is 0 Å². The second-order valence-corrected chi connectivity index (χ2v) is 3.22. The van der Waals surface area contributed by atoms with E-state index in [4.69, 9.17) is 0 Å². The van der Waals surface area contributed by atoms with Crippen molar-refractivity contribution in [1.82, 2.24) is 5.32 Å². The summed E-state index contributed by atoms with van der Waals surface area (Å²) < 4.78 is 0. The van der Waals surface area contributed by atoms with Gasteiger partial charge in [0.05, 0.1) is 0 Å². The topological polar surface area (TPSA) is 12.0 Å². The summed E-state index contributed by atoms with van der Waals surface area (Å²) in [5.74, 6) is 0.882. The van der Waals surface area contributed by atoms with E-state index in [0.29, 0.717) is 0 Å². The molecule has 54 valence electrons. The van der Waals surface area contributed by atoms with E-state index >= 15 is 0 Å². The van der Waals surface area contributed by atoms with Crippen molar-refractivity contribution in [3.8, 4) is 0 Å². The van der Waals surface area contributed by atoms with Gasteiger partial charge in [0.2, 0.25) is 0 Å². The Labute approximate surface area is 57.8 Å². The first kappa shape index (κ1) is 7.07. The Bertz CT molecular complexity index is 70.6. The van der Waals surface area contributed by atoms with Crippen molar-refractivity contribution in [2.75, 3.05) is 6.54 Å². The van der Waals surface area contributed by atoms with Crippen molar-refractivity contribution in [3.05, 3.63) is 0 Å². The molecule has 2 atom stereocenters. The standard InChI is InChI=1S/C8H17N/c1-7-5-3-4-6-9-8(7)2/h7-9H,3-6H2,1-2H3/t7-,8+/m1/s1. The minimum atomic E-state index is 0.743. The molecule has 1 nitrogen and oxygen atoms in total. The first-order valence-corrected chi connectivity index (χ1v) is 4.04. The summed E-state index contributed by atoms with van der Waals surface area (Å²) in [4.78, 5) is 0. The van der Waals surface area contributed by atoms with E-state index in [-0.39, 0.29) is 0 Å². The van der Waals surface area contributed by atoms with Crippen LogP contribution in [-0.4, -0.2) is 12.6 Å². The fraction of sp³-hybridized carbons (Fsp3) is 1.00. The first-order valence-electron chi connectivity index (χ1n) is 4.04. The minimum absolute atomic E-state index is 0.743. The molecule has 0 aromatic carbocycles. The lowest BCUT2D eigenvalue weighted by Gasteiger charge is -2.16. The van der Waals surface area contributed by atoms with Crippen LogP contribution in [0.25, 0.3) is 0 Å². The Balaban J connectivity index is 2.32. The lowest BCUT2D eigenvalue weighted by molar-refractivity contribution is 0.415. The monoisotopic (exact) mass is 127 g/mol. The molecule has 0 aliphatic carbocycles. The summed E-state index contributed by atoms with van der Waals surface area (Å²) in [6.45, 7) is 5.85. The van der Waals surface area contributed by atoms with Crippen LogP contribution in [0.15, 0.2) is 0 Å². The van der Waals surface area contributed by atoms with Crippen molar-refractivity contribution in [1.29, 1.82) is 0 Å². The minimum Gasteiger partial charge on any atom is -0.314 e. The second-order valence-electron chi connectivity index (χ2n) is 3.22. The highest BCUT2D eigenvalue weighted by Gasteiger charge is 2.13. The van der Waals surface area contributed by atoms with E-state index in [9.17, 15) is 0 Å². The zero-order valence-corrected chi connectivity index (χ0v) is 6.48. The Kier molecular flexibility index (Phi) is 2.52. The molecular weight excluding hydrogens is 110 g/mol. The van der Waals surface area contributed by atoms with Gasteiger partial charge < -0.3 is 5.32 Å². The van der Waals surface area contributed by atoms with Gasteiger partial charge in [-0.2, -0.15) is 0 Å². The largest absolute Gasteiger partial charge is 0.314 e. The highest BCUT2D eigenvalue weighted by Crippen LogP contribution is 2.14. The average Bonchev–Trinajstić information content (AvgIpc) is 1.99. The van der Waals surface area contributed by atoms with Crippen LogP contribution < -0.4 is 5.32 Å². The molecule has 1 rings (SSSR count). The van der Waals surface area contributed by atoms with Gasteiger partial charge in [-0.15, -0.1) is 0 Å². The van der Waals surface area contributed by atoms with Gasteiger partial charge in [0.25, 0.3) is 0 Å². The molecule has 0 spiro atoms. The second kappa shape index (κ2) is 3.21. The summed E-state index contributed by atoms with van der Waals surface area (Å²) >= 11 is 0.